The molecule has 1 atom stereocenters. The number of amides is 2. The largest absolute Gasteiger partial charge is 0.380 e. The van der Waals surface area contributed by atoms with Gasteiger partial charge in [0.25, 0.3) is 0 Å². The summed E-state index contributed by atoms with van der Waals surface area (Å²) in [6.45, 7) is 8.82. The van der Waals surface area contributed by atoms with Crippen LogP contribution in [0.5, 0.6) is 0 Å². The van der Waals surface area contributed by atoms with Crippen LogP contribution in [0.2, 0.25) is 0 Å². The van der Waals surface area contributed by atoms with Gasteiger partial charge in [0.15, 0.2) is 0 Å². The molecule has 6 nitrogen and oxygen atoms in total. The first kappa shape index (κ1) is 16.2. The number of hydrogen-bond donors (Lipinski definition) is 1. The highest BCUT2D eigenvalue weighted by Gasteiger charge is 2.21. The monoisotopic (exact) mass is 274 g/mol. The summed E-state index contributed by atoms with van der Waals surface area (Å²) >= 11 is 0. The lowest BCUT2D eigenvalue weighted by atomic mass is 10.3. The number of nitrogens with one attached hydrogen (secondary N) is 1. The molecule has 1 N–H and O–H groups in total. The molecule has 19 heavy (non-hydrogen) atoms. The summed E-state index contributed by atoms with van der Waals surface area (Å²) in [6.07, 6.45) is 0.885. The highest BCUT2D eigenvalue weighted by atomic mass is 16.5. The molecule has 0 saturated carbocycles. The average molecular weight is 274 g/mol. The summed E-state index contributed by atoms with van der Waals surface area (Å²) in [5.74, 6) is 0. The van der Waals surface area contributed by atoms with Gasteiger partial charge in [-0.05, 0) is 20.3 Å². The van der Waals surface area contributed by atoms with Gasteiger partial charge in [-0.2, -0.15) is 0 Å². The zero-order valence-electron chi connectivity index (χ0n) is 12.0. The maximum Gasteiger partial charge on any atom is 0.317 e. The van der Waals surface area contributed by atoms with Crippen LogP contribution in [0.15, 0.2) is 0 Å². The van der Waals surface area contributed by atoms with Gasteiger partial charge >= 0.3 is 6.03 Å². The van der Waals surface area contributed by atoms with Gasteiger partial charge in [-0.25, -0.2) is 4.79 Å². The second-order valence-electron chi connectivity index (χ2n) is 4.39. The van der Waals surface area contributed by atoms with E-state index in [4.69, 9.17) is 14.2 Å². The molecule has 1 heterocycles. The Kier molecular flexibility index (Phi) is 8.53. The molecule has 6 heteroatoms. The van der Waals surface area contributed by atoms with Crippen molar-refractivity contribution in [3.63, 3.8) is 0 Å². The maximum atomic E-state index is 12.1. The highest BCUT2D eigenvalue weighted by Crippen LogP contribution is 2.04. The standard InChI is InChI=1S/C13H26N2O4/c1-3-17-9-6-15(7-10-18-4-2)13(16)14-12-5-8-19-11-12/h12H,3-11H2,1-2H3,(H,14,16). The molecule has 1 fully saturated rings. The molecule has 1 rings (SSSR count). The number of nitrogens with zero attached hydrogens (tertiary/aromatic N) is 1. The topological polar surface area (TPSA) is 60.0 Å². The van der Waals surface area contributed by atoms with Crippen LogP contribution < -0.4 is 5.32 Å². The number of urea groups is 1. The summed E-state index contributed by atoms with van der Waals surface area (Å²) in [5.41, 5.74) is 0. The first-order chi connectivity index (χ1) is 9.27. The van der Waals surface area contributed by atoms with E-state index in [1.165, 1.54) is 0 Å². The number of rotatable bonds is 9. The fourth-order valence-corrected chi connectivity index (χ4v) is 1.87. The van der Waals surface area contributed by atoms with Crippen molar-refractivity contribution in [3.8, 4) is 0 Å². The first-order valence-electron chi connectivity index (χ1n) is 7.06. The smallest absolute Gasteiger partial charge is 0.317 e. The van der Waals surface area contributed by atoms with Crippen LogP contribution in [0, 0.1) is 0 Å². The van der Waals surface area contributed by atoms with E-state index in [-0.39, 0.29) is 12.1 Å². The van der Waals surface area contributed by atoms with Gasteiger partial charge in [-0.15, -0.1) is 0 Å². The summed E-state index contributed by atoms with van der Waals surface area (Å²) in [5, 5.41) is 2.98. The first-order valence-corrected chi connectivity index (χ1v) is 7.06. The molecular weight excluding hydrogens is 248 g/mol. The predicted octanol–water partition coefficient (Wildman–Crippen LogP) is 0.860. The number of carbonyl (C=O) groups is 1. The van der Waals surface area contributed by atoms with Crippen LogP contribution in [-0.2, 0) is 14.2 Å². The van der Waals surface area contributed by atoms with E-state index in [1.807, 2.05) is 13.8 Å². The molecular formula is C13H26N2O4. The summed E-state index contributed by atoms with van der Waals surface area (Å²) < 4.78 is 15.9. The van der Waals surface area contributed by atoms with Crippen molar-refractivity contribution >= 4 is 6.03 Å². The van der Waals surface area contributed by atoms with Crippen molar-refractivity contribution < 1.29 is 19.0 Å². The van der Waals surface area contributed by atoms with E-state index in [2.05, 4.69) is 5.32 Å². The van der Waals surface area contributed by atoms with E-state index >= 15 is 0 Å². The average Bonchev–Trinajstić information content (AvgIpc) is 2.90. The van der Waals surface area contributed by atoms with Crippen LogP contribution in [0.1, 0.15) is 20.3 Å². The van der Waals surface area contributed by atoms with Crippen LogP contribution in [-0.4, -0.2) is 69.7 Å². The molecule has 2 amide bonds. The molecule has 112 valence electrons. The van der Waals surface area contributed by atoms with Crippen LogP contribution in [0.3, 0.4) is 0 Å². The quantitative estimate of drug-likeness (QED) is 0.634. The molecule has 0 radical (unpaired) electrons. The summed E-state index contributed by atoms with van der Waals surface area (Å²) in [4.78, 5) is 13.9. The lowest BCUT2D eigenvalue weighted by Crippen LogP contribution is -2.47. The normalized spacial score (nSPS) is 18.5. The molecule has 0 aromatic heterocycles. The number of hydrogen-bond acceptors (Lipinski definition) is 4. The van der Waals surface area contributed by atoms with Gasteiger partial charge in [0.05, 0.1) is 25.9 Å². The second-order valence-corrected chi connectivity index (χ2v) is 4.39. The zero-order chi connectivity index (χ0) is 13.9. The van der Waals surface area contributed by atoms with Gasteiger partial charge < -0.3 is 24.4 Å². The SMILES string of the molecule is CCOCCN(CCOCC)C(=O)NC1CCOC1. The Labute approximate surface area is 115 Å². The van der Waals surface area contributed by atoms with Gasteiger partial charge in [0, 0.05) is 32.9 Å². The van der Waals surface area contributed by atoms with Crippen molar-refractivity contribution in [1.82, 2.24) is 10.2 Å². The lowest BCUT2D eigenvalue weighted by molar-refractivity contribution is 0.0913. The van der Waals surface area contributed by atoms with Crippen molar-refractivity contribution in [2.24, 2.45) is 0 Å². The Morgan fingerprint density at radius 1 is 1.26 bits per heavy atom. The number of carbonyl (C=O) groups excluding carboxylic acids is 1. The zero-order valence-corrected chi connectivity index (χ0v) is 12.0. The van der Waals surface area contributed by atoms with Crippen LogP contribution >= 0.6 is 0 Å². The molecule has 0 aromatic carbocycles. The predicted molar refractivity (Wildman–Crippen MR) is 72.3 cm³/mol. The molecule has 0 spiro atoms. The second kappa shape index (κ2) is 10.00. The molecule has 1 aliphatic heterocycles. The molecule has 1 unspecified atom stereocenters. The number of ether oxygens (including phenoxy) is 3. The third kappa shape index (κ3) is 6.75. The molecule has 0 bridgehead atoms. The van der Waals surface area contributed by atoms with E-state index in [0.717, 1.165) is 13.0 Å². The Hall–Kier alpha value is -0.850. The van der Waals surface area contributed by atoms with E-state index in [1.54, 1.807) is 4.90 Å². The fraction of sp³-hybridized carbons (Fsp3) is 0.923. The maximum absolute atomic E-state index is 12.1. The van der Waals surface area contributed by atoms with Gasteiger partial charge in [-0.1, -0.05) is 0 Å². The minimum Gasteiger partial charge on any atom is -0.380 e. The highest BCUT2D eigenvalue weighted by molar-refractivity contribution is 5.74. The van der Waals surface area contributed by atoms with Gasteiger partial charge in [0.2, 0.25) is 0 Å². The fourth-order valence-electron chi connectivity index (χ4n) is 1.87. The molecule has 0 aromatic rings. The lowest BCUT2D eigenvalue weighted by Gasteiger charge is -2.24. The molecule has 0 aliphatic carbocycles. The van der Waals surface area contributed by atoms with Crippen molar-refractivity contribution in [1.29, 1.82) is 0 Å². The third-order valence-electron chi connectivity index (χ3n) is 2.96. The Balaban J connectivity index is 2.33. The van der Waals surface area contributed by atoms with E-state index in [0.29, 0.717) is 46.1 Å². The molecule has 1 saturated heterocycles. The van der Waals surface area contributed by atoms with Crippen LogP contribution in [0.25, 0.3) is 0 Å². The minimum absolute atomic E-state index is 0.0603. The van der Waals surface area contributed by atoms with Crippen molar-refractivity contribution in [2.45, 2.75) is 26.3 Å². The Bertz CT molecular complexity index is 235. The van der Waals surface area contributed by atoms with Gasteiger partial charge in [-0.3, -0.25) is 0 Å². The van der Waals surface area contributed by atoms with Crippen molar-refractivity contribution in [3.05, 3.63) is 0 Å². The van der Waals surface area contributed by atoms with Gasteiger partial charge in [0.1, 0.15) is 0 Å². The Morgan fingerprint density at radius 3 is 2.37 bits per heavy atom. The summed E-state index contributed by atoms with van der Waals surface area (Å²) in [7, 11) is 0. The Morgan fingerprint density at radius 2 is 1.89 bits per heavy atom. The molecule has 1 aliphatic rings. The minimum atomic E-state index is -0.0603. The van der Waals surface area contributed by atoms with Crippen LogP contribution in [0.4, 0.5) is 4.79 Å². The third-order valence-corrected chi connectivity index (χ3v) is 2.96. The van der Waals surface area contributed by atoms with E-state index < -0.39 is 0 Å². The summed E-state index contributed by atoms with van der Waals surface area (Å²) in [6, 6.07) is 0.0732. The van der Waals surface area contributed by atoms with E-state index in [9.17, 15) is 4.79 Å². The van der Waals surface area contributed by atoms with Crippen molar-refractivity contribution in [2.75, 3.05) is 52.7 Å².